The van der Waals surface area contributed by atoms with Crippen LogP contribution in [0, 0.1) is 0 Å². The van der Waals surface area contributed by atoms with E-state index in [4.69, 9.17) is 4.74 Å². The summed E-state index contributed by atoms with van der Waals surface area (Å²) in [5.74, 6) is -0.0172. The van der Waals surface area contributed by atoms with E-state index in [2.05, 4.69) is 15.5 Å². The van der Waals surface area contributed by atoms with Gasteiger partial charge in [0, 0.05) is 19.7 Å². The summed E-state index contributed by atoms with van der Waals surface area (Å²) >= 11 is 0. The Kier molecular flexibility index (Phi) is 3.98. The molecule has 2 N–H and O–H groups in total. The number of H-pyrrole nitrogens is 1. The van der Waals surface area contributed by atoms with Gasteiger partial charge in [0.1, 0.15) is 0 Å². The van der Waals surface area contributed by atoms with Crippen molar-refractivity contribution in [3.63, 3.8) is 0 Å². The Balaban J connectivity index is 2.15. The molecule has 1 aromatic heterocycles. The number of nitrogens with zero attached hydrogens (tertiary/aromatic N) is 1. The molecule has 13 heavy (non-hydrogen) atoms. The molecule has 0 saturated carbocycles. The van der Waals surface area contributed by atoms with E-state index < -0.39 is 0 Å². The van der Waals surface area contributed by atoms with Crippen LogP contribution in [0.15, 0.2) is 12.3 Å². The topological polar surface area (TPSA) is 67.0 Å². The number of hydrogen-bond acceptors (Lipinski definition) is 3. The Morgan fingerprint density at radius 3 is 3.23 bits per heavy atom. The quantitative estimate of drug-likeness (QED) is 0.678. The first-order valence-electron chi connectivity index (χ1n) is 4.07. The van der Waals surface area contributed by atoms with Crippen LogP contribution in [0.5, 0.6) is 0 Å². The second kappa shape index (κ2) is 5.31. The molecule has 5 heteroatoms. The van der Waals surface area contributed by atoms with Crippen LogP contribution in [-0.2, 0) is 16.1 Å². The van der Waals surface area contributed by atoms with Crippen molar-refractivity contribution in [2.45, 2.75) is 13.0 Å². The van der Waals surface area contributed by atoms with Crippen molar-refractivity contribution in [3.05, 3.63) is 18.0 Å². The second-order valence-electron chi connectivity index (χ2n) is 2.60. The van der Waals surface area contributed by atoms with Gasteiger partial charge in [0.25, 0.3) is 0 Å². The van der Waals surface area contributed by atoms with Gasteiger partial charge in [-0.3, -0.25) is 9.89 Å². The summed E-state index contributed by atoms with van der Waals surface area (Å²) in [5, 5.41) is 9.24. The zero-order valence-corrected chi connectivity index (χ0v) is 7.54. The Bertz CT molecular complexity index is 246. The molecular weight excluding hydrogens is 170 g/mol. The lowest BCUT2D eigenvalue weighted by Crippen LogP contribution is -2.23. The molecule has 0 aromatic carbocycles. The number of aromatic amines is 1. The van der Waals surface area contributed by atoms with Gasteiger partial charge in [-0.25, -0.2) is 0 Å². The molecule has 0 fully saturated rings. The molecule has 0 bridgehead atoms. The molecule has 0 spiro atoms. The maximum atomic E-state index is 11.1. The molecule has 0 atom stereocenters. The first-order chi connectivity index (χ1) is 6.33. The zero-order valence-electron chi connectivity index (χ0n) is 7.54. The van der Waals surface area contributed by atoms with Crippen LogP contribution in [0.4, 0.5) is 0 Å². The number of aromatic nitrogens is 2. The first kappa shape index (κ1) is 9.73. The van der Waals surface area contributed by atoms with Gasteiger partial charge in [0.15, 0.2) is 0 Å². The lowest BCUT2D eigenvalue weighted by molar-refractivity contribution is -0.122. The maximum Gasteiger partial charge on any atom is 0.222 e. The van der Waals surface area contributed by atoms with Gasteiger partial charge in [0.2, 0.25) is 5.91 Å². The largest absolute Gasteiger partial charge is 0.384 e. The van der Waals surface area contributed by atoms with E-state index in [9.17, 15) is 4.79 Å². The number of amides is 1. The van der Waals surface area contributed by atoms with E-state index in [1.54, 1.807) is 13.3 Å². The zero-order chi connectivity index (χ0) is 9.52. The Morgan fingerprint density at radius 1 is 1.77 bits per heavy atom. The fraction of sp³-hybridized carbons (Fsp3) is 0.500. The van der Waals surface area contributed by atoms with Crippen molar-refractivity contribution in [2.75, 3.05) is 13.7 Å². The maximum absolute atomic E-state index is 11.1. The molecule has 0 aliphatic carbocycles. The van der Waals surface area contributed by atoms with E-state index in [1.165, 1.54) is 0 Å². The number of carbonyl (C=O) groups is 1. The highest BCUT2D eigenvalue weighted by atomic mass is 16.5. The fourth-order valence-corrected chi connectivity index (χ4v) is 0.860. The van der Waals surface area contributed by atoms with Crippen molar-refractivity contribution < 1.29 is 9.53 Å². The van der Waals surface area contributed by atoms with Crippen LogP contribution < -0.4 is 5.32 Å². The van der Waals surface area contributed by atoms with E-state index in [1.807, 2.05) is 6.07 Å². The number of methoxy groups -OCH3 is 1. The summed E-state index contributed by atoms with van der Waals surface area (Å²) in [5.41, 5.74) is 0.894. The molecule has 1 amide bonds. The lowest BCUT2D eigenvalue weighted by Gasteiger charge is -2.02. The Labute approximate surface area is 76.5 Å². The average molecular weight is 183 g/mol. The summed E-state index contributed by atoms with van der Waals surface area (Å²) in [6.45, 7) is 0.942. The number of carbonyl (C=O) groups excluding carboxylic acids is 1. The highest BCUT2D eigenvalue weighted by Gasteiger charge is 2.00. The summed E-state index contributed by atoms with van der Waals surface area (Å²) in [7, 11) is 1.57. The van der Waals surface area contributed by atoms with Gasteiger partial charge >= 0.3 is 0 Å². The van der Waals surface area contributed by atoms with E-state index in [0.717, 1.165) is 5.69 Å². The van der Waals surface area contributed by atoms with Gasteiger partial charge in [-0.05, 0) is 6.07 Å². The van der Waals surface area contributed by atoms with Crippen LogP contribution in [0.1, 0.15) is 12.1 Å². The van der Waals surface area contributed by atoms with Crippen molar-refractivity contribution in [1.29, 1.82) is 0 Å². The third-order valence-electron chi connectivity index (χ3n) is 1.57. The highest BCUT2D eigenvalue weighted by Crippen LogP contribution is 1.90. The summed E-state index contributed by atoms with van der Waals surface area (Å²) < 4.78 is 4.77. The van der Waals surface area contributed by atoms with Crippen LogP contribution in [0.3, 0.4) is 0 Å². The molecule has 1 rings (SSSR count). The van der Waals surface area contributed by atoms with Crippen LogP contribution in [0.25, 0.3) is 0 Å². The normalized spacial score (nSPS) is 9.92. The summed E-state index contributed by atoms with van der Waals surface area (Å²) in [6, 6.07) is 1.82. The number of hydrogen-bond donors (Lipinski definition) is 2. The predicted octanol–water partition coefficient (Wildman–Crippen LogP) is 0.0624. The van der Waals surface area contributed by atoms with Crippen LogP contribution in [-0.4, -0.2) is 29.8 Å². The van der Waals surface area contributed by atoms with Crippen molar-refractivity contribution >= 4 is 5.91 Å². The smallest absolute Gasteiger partial charge is 0.222 e. The number of nitrogens with one attached hydrogen (secondary N) is 2. The minimum Gasteiger partial charge on any atom is -0.384 e. The number of ether oxygens (including phenoxy) is 1. The van der Waals surface area contributed by atoms with Gasteiger partial charge < -0.3 is 10.1 Å². The molecule has 5 nitrogen and oxygen atoms in total. The number of rotatable bonds is 5. The Hall–Kier alpha value is -1.36. The van der Waals surface area contributed by atoms with Crippen molar-refractivity contribution in [1.82, 2.24) is 15.5 Å². The molecule has 0 radical (unpaired) electrons. The van der Waals surface area contributed by atoms with E-state index >= 15 is 0 Å². The average Bonchev–Trinajstić information content (AvgIpc) is 2.64. The highest BCUT2D eigenvalue weighted by molar-refractivity contribution is 5.75. The minimum absolute atomic E-state index is 0.0172. The van der Waals surface area contributed by atoms with Gasteiger partial charge in [0.05, 0.1) is 18.8 Å². The van der Waals surface area contributed by atoms with Gasteiger partial charge in [-0.1, -0.05) is 0 Å². The molecule has 0 aliphatic heterocycles. The van der Waals surface area contributed by atoms with Crippen LogP contribution >= 0.6 is 0 Å². The molecule has 72 valence electrons. The standard InChI is InChI=1S/C8H13N3O2/c1-13-5-3-8(12)9-6-7-2-4-10-11-7/h2,4H,3,5-6H2,1H3,(H,9,12)(H,10,11). The fourth-order valence-electron chi connectivity index (χ4n) is 0.860. The predicted molar refractivity (Wildman–Crippen MR) is 46.9 cm³/mol. The molecular formula is C8H13N3O2. The van der Waals surface area contributed by atoms with Crippen molar-refractivity contribution in [3.8, 4) is 0 Å². The summed E-state index contributed by atoms with van der Waals surface area (Å²) in [4.78, 5) is 11.1. The van der Waals surface area contributed by atoms with Crippen LogP contribution in [0.2, 0.25) is 0 Å². The van der Waals surface area contributed by atoms with Gasteiger partial charge in [-0.2, -0.15) is 5.10 Å². The molecule has 0 unspecified atom stereocenters. The molecule has 1 heterocycles. The first-order valence-corrected chi connectivity index (χ1v) is 4.07. The minimum atomic E-state index is -0.0172. The van der Waals surface area contributed by atoms with Gasteiger partial charge in [-0.15, -0.1) is 0 Å². The second-order valence-corrected chi connectivity index (χ2v) is 2.60. The third kappa shape index (κ3) is 3.71. The van der Waals surface area contributed by atoms with E-state index in [0.29, 0.717) is 19.6 Å². The monoisotopic (exact) mass is 183 g/mol. The summed E-state index contributed by atoms with van der Waals surface area (Å²) in [6.07, 6.45) is 2.04. The Morgan fingerprint density at radius 2 is 2.62 bits per heavy atom. The third-order valence-corrected chi connectivity index (χ3v) is 1.57. The lowest BCUT2D eigenvalue weighted by atomic mass is 10.4. The van der Waals surface area contributed by atoms with E-state index in [-0.39, 0.29) is 5.91 Å². The SMILES string of the molecule is COCCC(=O)NCc1ccn[nH]1. The molecule has 0 saturated heterocycles. The molecule has 0 aliphatic rings. The molecule has 1 aromatic rings. The van der Waals surface area contributed by atoms with Crippen molar-refractivity contribution in [2.24, 2.45) is 0 Å².